The molecule has 0 fully saturated rings. The van der Waals surface area contributed by atoms with E-state index in [2.05, 4.69) is 15.7 Å². The third-order valence-electron chi connectivity index (χ3n) is 4.73. The maximum Gasteiger partial charge on any atom is 0.257 e. The Kier molecular flexibility index (Phi) is 5.94. The highest BCUT2D eigenvalue weighted by atomic mass is 19.1. The van der Waals surface area contributed by atoms with Crippen molar-refractivity contribution in [3.8, 4) is 11.4 Å². The Bertz CT molecular complexity index is 1250. The van der Waals surface area contributed by atoms with E-state index in [1.165, 1.54) is 16.8 Å². The monoisotopic (exact) mass is 430 g/mol. The average molecular weight is 430 g/mol. The number of ether oxygens (including phenoxy) is 1. The van der Waals surface area contributed by atoms with Crippen LogP contribution < -0.4 is 15.4 Å². The second-order valence-electron chi connectivity index (χ2n) is 6.80. The van der Waals surface area contributed by atoms with Gasteiger partial charge < -0.3 is 15.4 Å². The zero-order valence-electron chi connectivity index (χ0n) is 17.1. The molecule has 0 radical (unpaired) electrons. The third kappa shape index (κ3) is 4.49. The van der Waals surface area contributed by atoms with Crippen molar-refractivity contribution in [2.24, 2.45) is 0 Å². The van der Waals surface area contributed by atoms with Crippen LogP contribution in [0, 0.1) is 5.82 Å². The number of nitrogens with one attached hydrogen (secondary N) is 2. The van der Waals surface area contributed by atoms with E-state index in [1.54, 1.807) is 80.2 Å². The first-order chi connectivity index (χ1) is 15.5. The Morgan fingerprint density at radius 3 is 2.41 bits per heavy atom. The summed E-state index contributed by atoms with van der Waals surface area (Å²) in [5.74, 6) is -0.760. The van der Waals surface area contributed by atoms with Crippen LogP contribution >= 0.6 is 0 Å². The predicted molar refractivity (Wildman–Crippen MR) is 119 cm³/mol. The van der Waals surface area contributed by atoms with Crippen molar-refractivity contribution < 1.29 is 18.7 Å². The number of benzene rings is 3. The third-order valence-corrected chi connectivity index (χ3v) is 4.73. The van der Waals surface area contributed by atoms with E-state index in [0.717, 1.165) is 0 Å². The Morgan fingerprint density at radius 1 is 0.938 bits per heavy atom. The molecule has 0 aliphatic rings. The SMILES string of the molecule is COc1ccc(C(=O)Nc2ccccc2C(=O)Nc2ccc(-n3cccn3)c(F)c2)cc1. The van der Waals surface area contributed by atoms with Crippen molar-refractivity contribution in [1.29, 1.82) is 0 Å². The lowest BCUT2D eigenvalue weighted by Crippen LogP contribution is -2.18. The number of para-hydroxylation sites is 1. The summed E-state index contributed by atoms with van der Waals surface area (Å²) in [7, 11) is 1.54. The highest BCUT2D eigenvalue weighted by molar-refractivity contribution is 6.12. The molecule has 0 unspecified atom stereocenters. The second kappa shape index (κ2) is 9.13. The summed E-state index contributed by atoms with van der Waals surface area (Å²) in [4.78, 5) is 25.4. The van der Waals surface area contributed by atoms with Gasteiger partial charge in [0.05, 0.1) is 18.4 Å². The molecule has 0 bridgehead atoms. The summed E-state index contributed by atoms with van der Waals surface area (Å²) in [6, 6.07) is 19.2. The Balaban J connectivity index is 1.51. The predicted octanol–water partition coefficient (Wildman–Crippen LogP) is 4.52. The summed E-state index contributed by atoms with van der Waals surface area (Å²) in [5.41, 5.74) is 1.53. The normalized spacial score (nSPS) is 10.4. The molecule has 0 spiro atoms. The first-order valence-corrected chi connectivity index (χ1v) is 9.70. The number of halogens is 1. The summed E-state index contributed by atoms with van der Waals surface area (Å²) < 4.78 is 21.0. The topological polar surface area (TPSA) is 85.2 Å². The molecule has 2 N–H and O–H groups in total. The molecule has 160 valence electrons. The standard InChI is InChI=1S/C24H19FN4O3/c1-32-18-10-7-16(8-11-18)23(30)28-21-6-3-2-5-19(21)24(31)27-17-9-12-22(20(25)15-17)29-14-4-13-26-29/h2-15H,1H3,(H,27,31)(H,28,30). The van der Waals surface area contributed by atoms with E-state index in [1.807, 2.05) is 0 Å². The molecule has 1 aromatic heterocycles. The average Bonchev–Trinajstić information content (AvgIpc) is 3.34. The van der Waals surface area contributed by atoms with Crippen molar-refractivity contribution >= 4 is 23.2 Å². The number of rotatable bonds is 6. The molecule has 0 aliphatic carbocycles. The van der Waals surface area contributed by atoms with Gasteiger partial charge in [-0.1, -0.05) is 12.1 Å². The Morgan fingerprint density at radius 2 is 1.72 bits per heavy atom. The van der Waals surface area contributed by atoms with Crippen LogP contribution in [0.15, 0.2) is 85.2 Å². The molecule has 4 rings (SSSR count). The van der Waals surface area contributed by atoms with Gasteiger partial charge in [0.15, 0.2) is 5.82 Å². The minimum atomic E-state index is -0.535. The van der Waals surface area contributed by atoms with Gasteiger partial charge in [-0.25, -0.2) is 9.07 Å². The number of anilines is 2. The van der Waals surface area contributed by atoms with Crippen molar-refractivity contribution in [1.82, 2.24) is 9.78 Å². The molecular weight excluding hydrogens is 411 g/mol. The largest absolute Gasteiger partial charge is 0.497 e. The lowest BCUT2D eigenvalue weighted by Gasteiger charge is -2.12. The lowest BCUT2D eigenvalue weighted by atomic mass is 10.1. The lowest BCUT2D eigenvalue weighted by molar-refractivity contribution is 0.102. The smallest absolute Gasteiger partial charge is 0.257 e. The van der Waals surface area contributed by atoms with Crippen molar-refractivity contribution in [3.05, 3.63) is 102 Å². The van der Waals surface area contributed by atoms with E-state index in [4.69, 9.17) is 4.74 Å². The molecule has 0 atom stereocenters. The van der Waals surface area contributed by atoms with Gasteiger partial charge in [0.25, 0.3) is 11.8 Å². The number of aromatic nitrogens is 2. The van der Waals surface area contributed by atoms with E-state index in [-0.39, 0.29) is 22.8 Å². The van der Waals surface area contributed by atoms with Gasteiger partial charge in [-0.05, 0) is 60.7 Å². The number of amides is 2. The Hall–Kier alpha value is -4.46. The number of carbonyl (C=O) groups is 2. The summed E-state index contributed by atoms with van der Waals surface area (Å²) in [6.45, 7) is 0. The van der Waals surface area contributed by atoms with Crippen LogP contribution in [0.1, 0.15) is 20.7 Å². The van der Waals surface area contributed by atoms with Crippen LogP contribution in [0.25, 0.3) is 5.69 Å². The summed E-state index contributed by atoms with van der Waals surface area (Å²) in [6.07, 6.45) is 3.17. The number of nitrogens with zero attached hydrogens (tertiary/aromatic N) is 2. The molecule has 8 heteroatoms. The van der Waals surface area contributed by atoms with Crippen LogP contribution in [-0.4, -0.2) is 28.7 Å². The highest BCUT2D eigenvalue weighted by Crippen LogP contribution is 2.21. The minimum absolute atomic E-state index is 0.242. The molecule has 1 heterocycles. The number of hydrogen-bond donors (Lipinski definition) is 2. The first-order valence-electron chi connectivity index (χ1n) is 9.70. The van der Waals surface area contributed by atoms with E-state index < -0.39 is 11.7 Å². The van der Waals surface area contributed by atoms with Crippen molar-refractivity contribution in [2.75, 3.05) is 17.7 Å². The summed E-state index contributed by atoms with van der Waals surface area (Å²) >= 11 is 0. The zero-order chi connectivity index (χ0) is 22.5. The Labute approximate surface area is 183 Å². The van der Waals surface area contributed by atoms with Gasteiger partial charge in [-0.2, -0.15) is 5.10 Å². The maximum absolute atomic E-state index is 14.5. The van der Waals surface area contributed by atoms with E-state index >= 15 is 0 Å². The fourth-order valence-electron chi connectivity index (χ4n) is 3.11. The van der Waals surface area contributed by atoms with Crippen LogP contribution in [-0.2, 0) is 0 Å². The fourth-order valence-corrected chi connectivity index (χ4v) is 3.11. The molecule has 32 heavy (non-hydrogen) atoms. The zero-order valence-corrected chi connectivity index (χ0v) is 17.1. The molecule has 0 aliphatic heterocycles. The second-order valence-corrected chi connectivity index (χ2v) is 6.80. The number of methoxy groups -OCH3 is 1. The van der Waals surface area contributed by atoms with Crippen molar-refractivity contribution in [2.45, 2.75) is 0 Å². The van der Waals surface area contributed by atoms with Gasteiger partial charge in [-0.15, -0.1) is 0 Å². The molecular formula is C24H19FN4O3. The maximum atomic E-state index is 14.5. The van der Waals surface area contributed by atoms with Crippen LogP contribution in [0.3, 0.4) is 0 Å². The minimum Gasteiger partial charge on any atom is -0.497 e. The number of hydrogen-bond acceptors (Lipinski definition) is 4. The molecule has 2 amide bonds. The van der Waals surface area contributed by atoms with Crippen LogP contribution in [0.4, 0.5) is 15.8 Å². The number of carbonyl (C=O) groups excluding carboxylic acids is 2. The molecule has 3 aromatic carbocycles. The van der Waals surface area contributed by atoms with E-state index in [0.29, 0.717) is 17.0 Å². The quantitative estimate of drug-likeness (QED) is 0.471. The van der Waals surface area contributed by atoms with Gasteiger partial charge in [0, 0.05) is 23.6 Å². The highest BCUT2D eigenvalue weighted by Gasteiger charge is 2.15. The molecule has 0 saturated carbocycles. The van der Waals surface area contributed by atoms with Gasteiger partial charge in [-0.3, -0.25) is 9.59 Å². The molecule has 4 aromatic rings. The molecule has 7 nitrogen and oxygen atoms in total. The van der Waals surface area contributed by atoms with Crippen LogP contribution in [0.2, 0.25) is 0 Å². The molecule has 0 saturated heterocycles. The van der Waals surface area contributed by atoms with Gasteiger partial charge >= 0.3 is 0 Å². The van der Waals surface area contributed by atoms with E-state index in [9.17, 15) is 14.0 Å². The van der Waals surface area contributed by atoms with Crippen molar-refractivity contribution in [3.63, 3.8) is 0 Å². The van der Waals surface area contributed by atoms with Gasteiger partial charge in [0.1, 0.15) is 11.4 Å². The van der Waals surface area contributed by atoms with Gasteiger partial charge in [0.2, 0.25) is 0 Å². The first kappa shape index (κ1) is 20.8. The van der Waals surface area contributed by atoms with Crippen LogP contribution in [0.5, 0.6) is 5.75 Å². The fraction of sp³-hybridized carbons (Fsp3) is 0.0417. The summed E-state index contributed by atoms with van der Waals surface area (Å²) in [5, 5.41) is 9.41.